The topological polar surface area (TPSA) is 41.6 Å². The number of aromatic nitrogens is 3. The van der Waals surface area contributed by atoms with Crippen molar-refractivity contribution < 1.29 is 0 Å². The number of hydrogen-bond acceptors (Lipinski definition) is 2. The van der Waals surface area contributed by atoms with Gasteiger partial charge in [-0.2, -0.15) is 0 Å². The number of rotatable bonds is 1. The van der Waals surface area contributed by atoms with Gasteiger partial charge in [0, 0.05) is 5.56 Å². The van der Waals surface area contributed by atoms with Crippen LogP contribution in [0.2, 0.25) is 0 Å². The fourth-order valence-electron chi connectivity index (χ4n) is 1.98. The molecule has 1 N–H and O–H groups in total. The third kappa shape index (κ3) is 1.29. The van der Waals surface area contributed by atoms with Gasteiger partial charge in [-0.05, 0) is 24.1 Å². The SMILES string of the molecule is Cc1ccc2[nH]nnc2c1-c1ccccc1. The van der Waals surface area contributed by atoms with Crippen LogP contribution in [-0.2, 0) is 0 Å². The summed E-state index contributed by atoms with van der Waals surface area (Å²) in [6, 6.07) is 14.4. The highest BCUT2D eigenvalue weighted by molar-refractivity contribution is 5.93. The molecule has 0 saturated carbocycles. The van der Waals surface area contributed by atoms with E-state index >= 15 is 0 Å². The lowest BCUT2D eigenvalue weighted by molar-refractivity contribution is 0.959. The van der Waals surface area contributed by atoms with E-state index in [9.17, 15) is 0 Å². The van der Waals surface area contributed by atoms with Crippen LogP contribution in [0.25, 0.3) is 22.2 Å². The van der Waals surface area contributed by atoms with Gasteiger partial charge in [-0.3, -0.25) is 5.10 Å². The standard InChI is InChI=1S/C13H11N3/c1-9-7-8-11-13(15-16-14-11)12(9)10-5-3-2-4-6-10/h2-8H,1H3,(H,14,15,16). The monoisotopic (exact) mass is 209 g/mol. The number of nitrogens with one attached hydrogen (secondary N) is 1. The molecule has 3 heteroatoms. The summed E-state index contributed by atoms with van der Waals surface area (Å²) in [5.41, 5.74) is 5.47. The molecule has 0 atom stereocenters. The zero-order chi connectivity index (χ0) is 11.0. The van der Waals surface area contributed by atoms with Gasteiger partial charge in [0.15, 0.2) is 0 Å². The zero-order valence-corrected chi connectivity index (χ0v) is 8.94. The molecule has 0 fully saturated rings. The molecule has 3 rings (SSSR count). The smallest absolute Gasteiger partial charge is 0.121 e. The van der Waals surface area contributed by atoms with Gasteiger partial charge in [0.1, 0.15) is 5.52 Å². The summed E-state index contributed by atoms with van der Waals surface area (Å²) in [6.45, 7) is 2.09. The molecule has 1 aromatic heterocycles. The largest absolute Gasteiger partial charge is 0.258 e. The number of aryl methyl sites for hydroxylation is 1. The third-order valence-corrected chi connectivity index (χ3v) is 2.77. The Bertz CT molecular complexity index is 626. The maximum absolute atomic E-state index is 4.15. The van der Waals surface area contributed by atoms with Gasteiger partial charge >= 0.3 is 0 Å². The second-order valence-corrected chi connectivity index (χ2v) is 3.83. The van der Waals surface area contributed by atoms with E-state index in [0.29, 0.717) is 0 Å². The number of hydrogen-bond donors (Lipinski definition) is 1. The van der Waals surface area contributed by atoms with Gasteiger partial charge < -0.3 is 0 Å². The molecule has 0 unspecified atom stereocenters. The number of benzene rings is 2. The molecule has 1 heterocycles. The second-order valence-electron chi connectivity index (χ2n) is 3.83. The lowest BCUT2D eigenvalue weighted by atomic mass is 9.99. The van der Waals surface area contributed by atoms with E-state index in [4.69, 9.17) is 0 Å². The summed E-state index contributed by atoms with van der Waals surface area (Å²) in [4.78, 5) is 0. The van der Waals surface area contributed by atoms with E-state index in [2.05, 4.69) is 40.5 Å². The minimum atomic E-state index is 0.936. The van der Waals surface area contributed by atoms with Crippen molar-refractivity contribution in [3.8, 4) is 11.1 Å². The number of nitrogens with zero attached hydrogens (tertiary/aromatic N) is 2. The Morgan fingerprint density at radius 1 is 1.00 bits per heavy atom. The normalized spacial score (nSPS) is 10.8. The first-order chi connectivity index (χ1) is 7.86. The van der Waals surface area contributed by atoms with Crippen molar-refractivity contribution in [1.82, 2.24) is 15.4 Å². The van der Waals surface area contributed by atoms with E-state index in [0.717, 1.165) is 16.6 Å². The average Bonchev–Trinajstić information content (AvgIpc) is 2.78. The molecule has 3 aromatic rings. The van der Waals surface area contributed by atoms with Gasteiger partial charge in [0.05, 0.1) is 5.52 Å². The summed E-state index contributed by atoms with van der Waals surface area (Å²) in [7, 11) is 0. The molecule has 0 aliphatic rings. The molecular weight excluding hydrogens is 198 g/mol. The summed E-state index contributed by atoms with van der Waals surface area (Å²) in [6.07, 6.45) is 0. The van der Waals surface area contributed by atoms with Crippen LogP contribution in [-0.4, -0.2) is 15.4 Å². The predicted octanol–water partition coefficient (Wildman–Crippen LogP) is 2.93. The van der Waals surface area contributed by atoms with Crippen LogP contribution in [0.15, 0.2) is 42.5 Å². The molecule has 0 radical (unpaired) electrons. The Labute approximate surface area is 93.1 Å². The lowest BCUT2D eigenvalue weighted by Gasteiger charge is -2.05. The Kier molecular flexibility index (Phi) is 1.96. The van der Waals surface area contributed by atoms with Crippen molar-refractivity contribution in [1.29, 1.82) is 0 Å². The molecule has 0 aliphatic carbocycles. The van der Waals surface area contributed by atoms with E-state index in [-0.39, 0.29) is 0 Å². The van der Waals surface area contributed by atoms with Crippen LogP contribution in [0.3, 0.4) is 0 Å². The predicted molar refractivity (Wildman–Crippen MR) is 64.1 cm³/mol. The molecule has 3 nitrogen and oxygen atoms in total. The first-order valence-electron chi connectivity index (χ1n) is 5.22. The Balaban J connectivity index is 2.38. The van der Waals surface area contributed by atoms with Crippen LogP contribution in [0, 0.1) is 6.92 Å². The van der Waals surface area contributed by atoms with Crippen LogP contribution in [0.5, 0.6) is 0 Å². The number of fused-ring (bicyclic) bond motifs is 1. The maximum atomic E-state index is 4.15. The van der Waals surface area contributed by atoms with Crippen LogP contribution >= 0.6 is 0 Å². The molecule has 0 amide bonds. The first kappa shape index (κ1) is 9.09. The molecular formula is C13H11N3. The first-order valence-corrected chi connectivity index (χ1v) is 5.22. The Hall–Kier alpha value is -2.16. The molecule has 0 aliphatic heterocycles. The van der Waals surface area contributed by atoms with Crippen molar-refractivity contribution >= 4 is 11.0 Å². The number of H-pyrrole nitrogens is 1. The lowest BCUT2D eigenvalue weighted by Crippen LogP contribution is -1.85. The van der Waals surface area contributed by atoms with Crippen molar-refractivity contribution in [3.05, 3.63) is 48.0 Å². The summed E-state index contributed by atoms with van der Waals surface area (Å²) in [5, 5.41) is 10.9. The Morgan fingerprint density at radius 3 is 2.62 bits per heavy atom. The highest BCUT2D eigenvalue weighted by atomic mass is 15.3. The highest BCUT2D eigenvalue weighted by Crippen LogP contribution is 2.29. The molecule has 0 spiro atoms. The summed E-state index contributed by atoms with van der Waals surface area (Å²) >= 11 is 0. The fourth-order valence-corrected chi connectivity index (χ4v) is 1.98. The van der Waals surface area contributed by atoms with E-state index in [1.54, 1.807) is 0 Å². The van der Waals surface area contributed by atoms with Crippen molar-refractivity contribution in [3.63, 3.8) is 0 Å². The zero-order valence-electron chi connectivity index (χ0n) is 8.94. The summed E-state index contributed by atoms with van der Waals surface area (Å²) < 4.78 is 0. The molecule has 16 heavy (non-hydrogen) atoms. The van der Waals surface area contributed by atoms with Gasteiger partial charge in [-0.1, -0.05) is 41.6 Å². The van der Waals surface area contributed by atoms with E-state index in [1.807, 2.05) is 24.3 Å². The molecule has 0 saturated heterocycles. The van der Waals surface area contributed by atoms with Gasteiger partial charge in [0.25, 0.3) is 0 Å². The minimum absolute atomic E-state index is 0.936. The van der Waals surface area contributed by atoms with Gasteiger partial charge in [-0.15, -0.1) is 5.10 Å². The van der Waals surface area contributed by atoms with Gasteiger partial charge in [0.2, 0.25) is 0 Å². The highest BCUT2D eigenvalue weighted by Gasteiger charge is 2.09. The quantitative estimate of drug-likeness (QED) is 0.669. The second kappa shape index (κ2) is 3.45. The number of aromatic amines is 1. The van der Waals surface area contributed by atoms with E-state index in [1.165, 1.54) is 11.1 Å². The van der Waals surface area contributed by atoms with E-state index < -0.39 is 0 Å². The van der Waals surface area contributed by atoms with Crippen molar-refractivity contribution in [2.75, 3.05) is 0 Å². The van der Waals surface area contributed by atoms with Crippen molar-refractivity contribution in [2.45, 2.75) is 6.92 Å². The molecule has 2 aromatic carbocycles. The molecule has 0 bridgehead atoms. The average molecular weight is 209 g/mol. The third-order valence-electron chi connectivity index (χ3n) is 2.77. The van der Waals surface area contributed by atoms with Crippen LogP contribution in [0.1, 0.15) is 5.56 Å². The van der Waals surface area contributed by atoms with Gasteiger partial charge in [-0.25, -0.2) is 0 Å². The molecule has 78 valence electrons. The Morgan fingerprint density at radius 2 is 1.81 bits per heavy atom. The maximum Gasteiger partial charge on any atom is 0.121 e. The van der Waals surface area contributed by atoms with Crippen LogP contribution < -0.4 is 0 Å². The fraction of sp³-hybridized carbons (Fsp3) is 0.0769. The minimum Gasteiger partial charge on any atom is -0.258 e. The van der Waals surface area contributed by atoms with Crippen LogP contribution in [0.4, 0.5) is 0 Å². The van der Waals surface area contributed by atoms with Crippen molar-refractivity contribution in [2.24, 2.45) is 0 Å². The summed E-state index contributed by atoms with van der Waals surface area (Å²) in [5.74, 6) is 0.